The Morgan fingerprint density at radius 3 is 2.33 bits per heavy atom. The summed E-state index contributed by atoms with van der Waals surface area (Å²) in [6.07, 6.45) is 3.96. The minimum Gasteiger partial charge on any atom is -0.332 e. The molecule has 0 unspecified atom stereocenters. The highest BCUT2D eigenvalue weighted by atomic mass is 79.9. The van der Waals surface area contributed by atoms with E-state index >= 15 is 0 Å². The van der Waals surface area contributed by atoms with Crippen LogP contribution < -0.4 is 10.2 Å². The number of halogens is 1. The molecule has 3 fully saturated rings. The third kappa shape index (κ3) is 3.74. The molecule has 3 aliphatic rings. The van der Waals surface area contributed by atoms with Gasteiger partial charge in [-0.15, -0.1) is 0 Å². The molecule has 0 spiro atoms. The summed E-state index contributed by atoms with van der Waals surface area (Å²) < 4.78 is 1.16. The quantitative estimate of drug-likeness (QED) is 0.783. The predicted molar refractivity (Wildman–Crippen MR) is 101 cm³/mol. The number of benzene rings is 2. The summed E-state index contributed by atoms with van der Waals surface area (Å²) in [7, 11) is 0. The second-order valence-corrected chi connectivity index (χ2v) is 8.41. The van der Waals surface area contributed by atoms with Crippen molar-refractivity contribution in [2.75, 3.05) is 19.6 Å². The summed E-state index contributed by atoms with van der Waals surface area (Å²) in [4.78, 5) is 1.83. The molecule has 2 aromatic carbocycles. The molecule has 3 N–H and O–H groups in total. The van der Waals surface area contributed by atoms with Crippen LogP contribution in [0.3, 0.4) is 0 Å². The van der Waals surface area contributed by atoms with Crippen molar-refractivity contribution in [1.29, 1.82) is 0 Å². The summed E-state index contributed by atoms with van der Waals surface area (Å²) in [5.41, 5.74) is 2.89. The van der Waals surface area contributed by atoms with Crippen molar-refractivity contribution >= 4 is 15.9 Å². The number of nitrogens with two attached hydrogens (primary N) is 1. The first kappa shape index (κ1) is 16.3. The van der Waals surface area contributed by atoms with Crippen molar-refractivity contribution < 1.29 is 10.2 Å². The number of hydrogen-bond acceptors (Lipinski definition) is 0. The van der Waals surface area contributed by atoms with E-state index < -0.39 is 0 Å². The van der Waals surface area contributed by atoms with Gasteiger partial charge in [0.25, 0.3) is 0 Å². The number of fused-ring (bicyclic) bond motifs is 3. The molecule has 0 saturated carbocycles. The van der Waals surface area contributed by atoms with Gasteiger partial charge >= 0.3 is 0 Å². The van der Waals surface area contributed by atoms with Crippen LogP contribution in [0.1, 0.15) is 30.0 Å². The van der Waals surface area contributed by atoms with Crippen LogP contribution in [-0.4, -0.2) is 25.7 Å². The smallest absolute Gasteiger partial charge is 0.139 e. The largest absolute Gasteiger partial charge is 0.332 e. The van der Waals surface area contributed by atoms with Crippen LogP contribution >= 0.6 is 15.9 Å². The molecule has 126 valence electrons. The highest BCUT2D eigenvalue weighted by Crippen LogP contribution is 2.21. The zero-order chi connectivity index (χ0) is 16.4. The van der Waals surface area contributed by atoms with Gasteiger partial charge in [0.2, 0.25) is 0 Å². The van der Waals surface area contributed by atoms with E-state index in [-0.39, 0.29) is 0 Å². The molecule has 3 heterocycles. The van der Waals surface area contributed by atoms with Gasteiger partial charge < -0.3 is 10.2 Å². The first-order valence-electron chi connectivity index (χ1n) is 9.26. The summed E-state index contributed by atoms with van der Waals surface area (Å²) in [6, 6.07) is 21.2. The highest BCUT2D eigenvalue weighted by molar-refractivity contribution is 9.10. The topological polar surface area (TPSA) is 21.1 Å². The fourth-order valence-electron chi connectivity index (χ4n) is 4.58. The van der Waals surface area contributed by atoms with Crippen molar-refractivity contribution in [1.82, 2.24) is 0 Å². The Kier molecular flexibility index (Phi) is 5.02. The minimum absolute atomic E-state index is 0.519. The first-order chi connectivity index (χ1) is 11.8. The fourth-order valence-corrected chi connectivity index (χ4v) is 4.84. The zero-order valence-corrected chi connectivity index (χ0v) is 15.7. The summed E-state index contributed by atoms with van der Waals surface area (Å²) in [5.74, 6) is 0.927. The van der Waals surface area contributed by atoms with Gasteiger partial charge in [0.05, 0.1) is 13.1 Å². The normalized spacial score (nSPS) is 27.1. The maximum atomic E-state index is 3.57. The van der Waals surface area contributed by atoms with Crippen LogP contribution in [-0.2, 0) is 6.42 Å². The molecule has 0 aliphatic carbocycles. The van der Waals surface area contributed by atoms with E-state index in [9.17, 15) is 0 Å². The Morgan fingerprint density at radius 1 is 1.00 bits per heavy atom. The van der Waals surface area contributed by atoms with Crippen molar-refractivity contribution in [2.24, 2.45) is 5.92 Å². The van der Waals surface area contributed by atoms with Crippen molar-refractivity contribution in [3.8, 4) is 0 Å². The Hall–Kier alpha value is -1.16. The maximum absolute atomic E-state index is 3.57. The molecule has 0 amide bonds. The van der Waals surface area contributed by atoms with Crippen molar-refractivity contribution in [2.45, 2.75) is 31.3 Å². The van der Waals surface area contributed by atoms with Crippen LogP contribution in [0, 0.1) is 5.92 Å². The van der Waals surface area contributed by atoms with E-state index in [0.29, 0.717) is 6.04 Å². The SMILES string of the molecule is Brc1ccc([C@@H](Cc2ccccc2)[NH2+][C@@H]2C[NH+]3CCC2CC3)cc1. The summed E-state index contributed by atoms with van der Waals surface area (Å²) >= 11 is 3.57. The lowest BCUT2D eigenvalue weighted by Gasteiger charge is -2.41. The number of hydrogen-bond donors (Lipinski definition) is 2. The van der Waals surface area contributed by atoms with Crippen LogP contribution in [0.15, 0.2) is 59.1 Å². The van der Waals surface area contributed by atoms with Gasteiger partial charge in [-0.2, -0.15) is 0 Å². The van der Waals surface area contributed by atoms with E-state index in [4.69, 9.17) is 0 Å². The van der Waals surface area contributed by atoms with Crippen LogP contribution in [0.25, 0.3) is 0 Å². The number of quaternary nitrogens is 2. The highest BCUT2D eigenvalue weighted by Gasteiger charge is 2.41. The number of piperidine rings is 3. The standard InChI is InChI=1S/C21H25BrN2/c22-19-8-6-17(7-9-19)20(14-16-4-2-1-3-5-16)23-21-15-24-12-10-18(21)11-13-24/h1-9,18,20-21,23H,10-15H2/p+2/t20-,21-/m1/s1. The van der Waals surface area contributed by atoms with E-state index in [2.05, 4.69) is 75.8 Å². The van der Waals surface area contributed by atoms with Crippen LogP contribution in [0.2, 0.25) is 0 Å². The first-order valence-corrected chi connectivity index (χ1v) is 10.0. The fraction of sp³-hybridized carbons (Fsp3) is 0.429. The third-order valence-corrected chi connectivity index (χ3v) is 6.47. The molecule has 2 atom stereocenters. The van der Waals surface area contributed by atoms with Crippen LogP contribution in [0.5, 0.6) is 0 Å². The van der Waals surface area contributed by atoms with E-state index in [1.54, 1.807) is 0 Å². The lowest BCUT2D eigenvalue weighted by molar-refractivity contribution is -0.945. The molecule has 0 radical (unpaired) electrons. The molecule has 5 rings (SSSR count). The third-order valence-electron chi connectivity index (χ3n) is 5.94. The molecule has 3 saturated heterocycles. The van der Waals surface area contributed by atoms with E-state index in [1.807, 2.05) is 4.90 Å². The molecule has 2 aromatic rings. The molecule has 2 nitrogen and oxygen atoms in total. The Morgan fingerprint density at radius 2 is 1.71 bits per heavy atom. The molecule has 24 heavy (non-hydrogen) atoms. The van der Waals surface area contributed by atoms with Gasteiger partial charge in [-0.05, 0) is 17.7 Å². The molecular formula is C21H27BrN2+2. The summed E-state index contributed by atoms with van der Waals surface area (Å²) in [5, 5.41) is 2.69. The van der Waals surface area contributed by atoms with Gasteiger partial charge in [-0.1, -0.05) is 58.4 Å². The average Bonchev–Trinajstić information content (AvgIpc) is 2.64. The average molecular weight is 387 g/mol. The predicted octanol–water partition coefficient (Wildman–Crippen LogP) is 1.97. The zero-order valence-electron chi connectivity index (χ0n) is 14.1. The maximum Gasteiger partial charge on any atom is 0.139 e. The van der Waals surface area contributed by atoms with Gasteiger partial charge in [0.15, 0.2) is 0 Å². The molecule has 3 heteroatoms. The van der Waals surface area contributed by atoms with E-state index in [0.717, 1.165) is 22.9 Å². The number of rotatable bonds is 5. The lowest BCUT2D eigenvalue weighted by Crippen LogP contribution is -3.20. The van der Waals surface area contributed by atoms with Gasteiger partial charge in [0, 0.05) is 35.2 Å². The Bertz CT molecular complexity index is 647. The molecular weight excluding hydrogens is 360 g/mol. The van der Waals surface area contributed by atoms with E-state index in [1.165, 1.54) is 43.6 Å². The molecule has 0 aromatic heterocycles. The van der Waals surface area contributed by atoms with Crippen molar-refractivity contribution in [3.63, 3.8) is 0 Å². The van der Waals surface area contributed by atoms with Gasteiger partial charge in [-0.25, -0.2) is 0 Å². The second-order valence-electron chi connectivity index (χ2n) is 7.50. The molecule has 3 aliphatic heterocycles. The Labute approximate surface area is 153 Å². The number of nitrogens with one attached hydrogen (secondary N) is 1. The van der Waals surface area contributed by atoms with Gasteiger partial charge in [0.1, 0.15) is 18.6 Å². The minimum atomic E-state index is 0.519. The Balaban J connectivity index is 1.54. The van der Waals surface area contributed by atoms with Gasteiger partial charge in [-0.3, -0.25) is 0 Å². The molecule has 2 bridgehead atoms. The lowest BCUT2D eigenvalue weighted by atomic mass is 9.83. The summed E-state index contributed by atoms with van der Waals surface area (Å²) in [6.45, 7) is 4.15. The second kappa shape index (κ2) is 7.38. The van der Waals surface area contributed by atoms with Crippen molar-refractivity contribution in [3.05, 3.63) is 70.2 Å². The van der Waals surface area contributed by atoms with Crippen LogP contribution in [0.4, 0.5) is 0 Å². The monoisotopic (exact) mass is 386 g/mol.